The van der Waals surface area contributed by atoms with Crippen molar-refractivity contribution in [1.82, 2.24) is 0 Å². The van der Waals surface area contributed by atoms with Gasteiger partial charge in [0.25, 0.3) is 0 Å². The van der Waals surface area contributed by atoms with Gasteiger partial charge in [-0.05, 0) is 92.0 Å². The Balaban J connectivity index is 1.41. The molecule has 0 N–H and O–H groups in total. The van der Waals surface area contributed by atoms with E-state index in [0.29, 0.717) is 22.3 Å². The number of ketones is 2. The van der Waals surface area contributed by atoms with Crippen molar-refractivity contribution in [3.8, 4) is 33.4 Å². The van der Waals surface area contributed by atoms with Crippen LogP contribution < -0.4 is 0 Å². The maximum atomic E-state index is 14.4. The Morgan fingerprint density at radius 1 is 0.302 bits per heavy atom. The van der Waals surface area contributed by atoms with E-state index in [2.05, 4.69) is 115 Å². The molecule has 0 fully saturated rings. The van der Waals surface area contributed by atoms with Gasteiger partial charge < -0.3 is 0 Å². The highest BCUT2D eigenvalue weighted by molar-refractivity contribution is 6.13. The second kappa shape index (κ2) is 13.3. The molecule has 0 saturated carbocycles. The third-order valence-electron chi connectivity index (χ3n) is 10.5. The van der Waals surface area contributed by atoms with E-state index < -0.39 is 5.41 Å². The fourth-order valence-electron chi connectivity index (χ4n) is 8.08. The van der Waals surface area contributed by atoms with Crippen LogP contribution in [0.5, 0.6) is 0 Å². The van der Waals surface area contributed by atoms with E-state index in [1.165, 1.54) is 0 Å². The molecule has 8 aromatic rings. The van der Waals surface area contributed by atoms with Crippen LogP contribution in [-0.4, -0.2) is 11.6 Å². The number of hydrogen-bond donors (Lipinski definition) is 0. The van der Waals surface area contributed by atoms with Crippen LogP contribution in [0, 0.1) is 0 Å². The third kappa shape index (κ3) is 5.53. The van der Waals surface area contributed by atoms with Crippen molar-refractivity contribution in [3.05, 3.63) is 251 Å². The topological polar surface area (TPSA) is 34.1 Å². The minimum Gasteiger partial charge on any atom is -0.289 e. The van der Waals surface area contributed by atoms with Crippen molar-refractivity contribution < 1.29 is 9.59 Å². The Hall–Kier alpha value is -6.90. The summed E-state index contributed by atoms with van der Waals surface area (Å²) in [5.41, 5.74) is 12.0. The summed E-state index contributed by atoms with van der Waals surface area (Å²) >= 11 is 0. The molecule has 0 heterocycles. The predicted octanol–water partition coefficient (Wildman–Crippen LogP) is 11.8. The van der Waals surface area contributed by atoms with E-state index in [1.807, 2.05) is 84.9 Å². The normalized spacial score (nSPS) is 12.5. The molecule has 1 aliphatic carbocycles. The monoisotopic (exact) mass is 678 g/mol. The first-order valence-corrected chi connectivity index (χ1v) is 17.9. The standard InChI is InChI=1S/C51H34O2/c52-49(37-21-9-3-10-22-37)41-30-42(50(53)38-23-11-4-12-24-38)34-44(33-41)51(47-27-15-13-25-45(47)46-26-14-16-28-48(46)51)43-31-39(35-17-5-1-6-18-35)29-40(32-43)36-19-7-2-8-20-36/h1-34H. The number of rotatable bonds is 8. The molecule has 0 saturated heterocycles. The zero-order chi connectivity index (χ0) is 35.8. The molecule has 2 nitrogen and oxygen atoms in total. The summed E-state index contributed by atoms with van der Waals surface area (Å²) in [7, 11) is 0. The number of benzene rings is 8. The quantitative estimate of drug-likeness (QED) is 0.150. The van der Waals surface area contributed by atoms with Crippen molar-refractivity contribution in [1.29, 1.82) is 0 Å². The summed E-state index contributed by atoms with van der Waals surface area (Å²) in [4.78, 5) is 28.8. The van der Waals surface area contributed by atoms with Gasteiger partial charge in [0.05, 0.1) is 5.41 Å². The molecule has 0 bridgehead atoms. The summed E-state index contributed by atoms with van der Waals surface area (Å²) in [6.45, 7) is 0. The molecule has 0 atom stereocenters. The Morgan fingerprint density at radius 2 is 0.660 bits per heavy atom. The lowest BCUT2D eigenvalue weighted by Gasteiger charge is -2.35. The average molecular weight is 679 g/mol. The van der Waals surface area contributed by atoms with E-state index in [1.54, 1.807) is 6.07 Å². The minimum atomic E-state index is -0.875. The highest BCUT2D eigenvalue weighted by Crippen LogP contribution is 2.57. The Kier molecular flexibility index (Phi) is 8.06. The second-order valence-electron chi connectivity index (χ2n) is 13.6. The first kappa shape index (κ1) is 32.0. The number of carbonyl (C=O) groups is 2. The van der Waals surface area contributed by atoms with Crippen molar-refractivity contribution in [3.63, 3.8) is 0 Å². The zero-order valence-electron chi connectivity index (χ0n) is 28.9. The van der Waals surface area contributed by atoms with Gasteiger partial charge in [0, 0.05) is 22.3 Å². The van der Waals surface area contributed by atoms with Crippen LogP contribution in [0.15, 0.2) is 206 Å². The molecular formula is C51H34O2. The van der Waals surface area contributed by atoms with Crippen molar-refractivity contribution in [2.75, 3.05) is 0 Å². The first-order valence-electron chi connectivity index (χ1n) is 17.9. The largest absolute Gasteiger partial charge is 0.289 e. The van der Waals surface area contributed by atoms with Crippen molar-refractivity contribution in [2.45, 2.75) is 5.41 Å². The van der Waals surface area contributed by atoms with Gasteiger partial charge in [0.15, 0.2) is 11.6 Å². The van der Waals surface area contributed by atoms with Crippen LogP contribution >= 0.6 is 0 Å². The minimum absolute atomic E-state index is 0.132. The van der Waals surface area contributed by atoms with Gasteiger partial charge in [-0.2, -0.15) is 0 Å². The van der Waals surface area contributed by atoms with Gasteiger partial charge >= 0.3 is 0 Å². The van der Waals surface area contributed by atoms with Gasteiger partial charge in [-0.1, -0.05) is 170 Å². The van der Waals surface area contributed by atoms with Gasteiger partial charge in [0.2, 0.25) is 0 Å². The number of carbonyl (C=O) groups excluding carboxylic acids is 2. The first-order chi connectivity index (χ1) is 26.1. The second-order valence-corrected chi connectivity index (χ2v) is 13.6. The lowest BCUT2D eigenvalue weighted by molar-refractivity contribution is 0.103. The molecule has 0 aliphatic heterocycles. The molecule has 250 valence electrons. The van der Waals surface area contributed by atoms with Gasteiger partial charge in [-0.15, -0.1) is 0 Å². The Morgan fingerprint density at radius 3 is 1.09 bits per heavy atom. The van der Waals surface area contributed by atoms with E-state index in [0.717, 1.165) is 55.6 Å². The molecule has 0 spiro atoms. The van der Waals surface area contributed by atoms with Gasteiger partial charge in [-0.25, -0.2) is 0 Å². The van der Waals surface area contributed by atoms with Crippen LogP contribution in [0.25, 0.3) is 33.4 Å². The van der Waals surface area contributed by atoms with E-state index in [9.17, 15) is 9.59 Å². The van der Waals surface area contributed by atoms with E-state index >= 15 is 0 Å². The van der Waals surface area contributed by atoms with Crippen molar-refractivity contribution in [2.24, 2.45) is 0 Å². The maximum absolute atomic E-state index is 14.4. The molecule has 1 aliphatic rings. The average Bonchev–Trinajstić information content (AvgIpc) is 3.55. The van der Waals surface area contributed by atoms with Crippen LogP contribution in [-0.2, 0) is 5.41 Å². The van der Waals surface area contributed by atoms with Crippen LogP contribution in [0.3, 0.4) is 0 Å². The fourth-order valence-corrected chi connectivity index (χ4v) is 8.08. The molecule has 8 aromatic carbocycles. The van der Waals surface area contributed by atoms with E-state index in [-0.39, 0.29) is 11.6 Å². The fraction of sp³-hybridized carbons (Fsp3) is 0.0196. The number of hydrogen-bond acceptors (Lipinski definition) is 2. The molecule has 53 heavy (non-hydrogen) atoms. The molecule has 0 unspecified atom stereocenters. The Labute approximate surface area is 309 Å². The highest BCUT2D eigenvalue weighted by atomic mass is 16.1. The van der Waals surface area contributed by atoms with Crippen LogP contribution in [0.4, 0.5) is 0 Å². The summed E-state index contributed by atoms with van der Waals surface area (Å²) in [5.74, 6) is -0.264. The highest BCUT2D eigenvalue weighted by Gasteiger charge is 2.47. The number of fused-ring (bicyclic) bond motifs is 3. The molecule has 2 heteroatoms. The van der Waals surface area contributed by atoms with Crippen molar-refractivity contribution >= 4 is 11.6 Å². The van der Waals surface area contributed by atoms with Crippen LogP contribution in [0.1, 0.15) is 54.1 Å². The lowest BCUT2D eigenvalue weighted by Crippen LogP contribution is -2.29. The maximum Gasteiger partial charge on any atom is 0.193 e. The molecule has 0 aromatic heterocycles. The van der Waals surface area contributed by atoms with Gasteiger partial charge in [0.1, 0.15) is 0 Å². The summed E-state index contributed by atoms with van der Waals surface area (Å²) in [6, 6.07) is 69.4. The zero-order valence-corrected chi connectivity index (χ0v) is 28.9. The Bertz CT molecular complexity index is 2450. The molecular weight excluding hydrogens is 645 g/mol. The summed E-state index contributed by atoms with van der Waals surface area (Å²) in [6.07, 6.45) is 0. The summed E-state index contributed by atoms with van der Waals surface area (Å²) < 4.78 is 0. The predicted molar refractivity (Wildman–Crippen MR) is 214 cm³/mol. The van der Waals surface area contributed by atoms with Crippen LogP contribution in [0.2, 0.25) is 0 Å². The molecule has 0 amide bonds. The summed E-state index contributed by atoms with van der Waals surface area (Å²) in [5, 5.41) is 0. The lowest BCUT2D eigenvalue weighted by atomic mass is 9.66. The van der Waals surface area contributed by atoms with Gasteiger partial charge in [-0.3, -0.25) is 9.59 Å². The van der Waals surface area contributed by atoms with E-state index in [4.69, 9.17) is 0 Å². The molecule has 9 rings (SSSR count). The SMILES string of the molecule is O=C(c1ccccc1)c1cc(C(=O)c2ccccc2)cc(C2(c3cc(-c4ccccc4)cc(-c4ccccc4)c3)c3ccccc3-c3ccccc32)c1. The smallest absolute Gasteiger partial charge is 0.193 e. The third-order valence-corrected chi connectivity index (χ3v) is 10.5. The molecule has 0 radical (unpaired) electrons.